The molecular weight excluding hydrogens is 663 g/mol. The predicted octanol–water partition coefficient (Wildman–Crippen LogP) is 13.7. The first-order valence-electron chi connectivity index (χ1n) is 18.4. The van der Waals surface area contributed by atoms with Gasteiger partial charge in [-0.3, -0.25) is 0 Å². The Hall–Kier alpha value is -7.04. The van der Waals surface area contributed by atoms with Crippen LogP contribution < -0.4 is 9.64 Å². The minimum atomic E-state index is -0.618. The summed E-state index contributed by atoms with van der Waals surface area (Å²) in [7, 11) is 0. The van der Waals surface area contributed by atoms with Crippen molar-refractivity contribution in [2.24, 2.45) is 0 Å². The van der Waals surface area contributed by atoms with Gasteiger partial charge in [-0.15, -0.1) is 0 Å². The zero-order valence-electron chi connectivity index (χ0n) is 29.3. The second-order valence-corrected chi connectivity index (χ2v) is 14.4. The Bertz CT molecular complexity index is 3140. The molecule has 0 radical (unpaired) electrons. The molecule has 0 saturated carbocycles. The summed E-state index contributed by atoms with van der Waals surface area (Å²) in [5.74, 6) is 1.59. The second-order valence-electron chi connectivity index (χ2n) is 14.4. The maximum absolute atomic E-state index is 7.12. The molecule has 0 fully saturated rings. The number of anilines is 3. The van der Waals surface area contributed by atoms with Crippen LogP contribution in [0.5, 0.6) is 11.5 Å². The van der Waals surface area contributed by atoms with E-state index in [4.69, 9.17) is 13.6 Å². The molecule has 0 bridgehead atoms. The lowest BCUT2D eigenvalue weighted by molar-refractivity contribution is 0.436. The van der Waals surface area contributed by atoms with Gasteiger partial charge in [-0.25, -0.2) is 0 Å². The zero-order chi connectivity index (χ0) is 35.5. The Morgan fingerprint density at radius 3 is 1.81 bits per heavy atom. The Kier molecular flexibility index (Phi) is 5.88. The average Bonchev–Trinajstić information content (AvgIpc) is 3.87. The molecule has 10 aromatic rings. The molecular formula is C50H31NO3. The van der Waals surface area contributed by atoms with E-state index in [-0.39, 0.29) is 0 Å². The van der Waals surface area contributed by atoms with Crippen LogP contribution in [-0.2, 0) is 5.41 Å². The van der Waals surface area contributed by atoms with Crippen LogP contribution in [0.3, 0.4) is 0 Å². The van der Waals surface area contributed by atoms with E-state index in [1.165, 1.54) is 22.3 Å². The van der Waals surface area contributed by atoms with Crippen molar-refractivity contribution >= 4 is 60.9 Å². The lowest BCUT2D eigenvalue weighted by atomic mass is 9.66. The number of benzene rings is 8. The van der Waals surface area contributed by atoms with Crippen LogP contribution in [0.4, 0.5) is 17.1 Å². The van der Waals surface area contributed by atoms with Gasteiger partial charge in [0, 0.05) is 50.5 Å². The van der Waals surface area contributed by atoms with Gasteiger partial charge in [-0.1, -0.05) is 121 Å². The minimum absolute atomic E-state index is 0.618. The molecule has 1 spiro atoms. The molecule has 0 amide bonds. The molecule has 0 atom stereocenters. The van der Waals surface area contributed by atoms with Crippen LogP contribution in [0.2, 0.25) is 0 Å². The van der Waals surface area contributed by atoms with Gasteiger partial charge in [0.1, 0.15) is 28.2 Å². The summed E-state index contributed by atoms with van der Waals surface area (Å²) in [6.07, 6.45) is 0. The van der Waals surface area contributed by atoms with Gasteiger partial charge >= 0.3 is 0 Å². The number of ether oxygens (including phenoxy) is 1. The number of nitrogens with zero attached hydrogens (tertiary/aromatic N) is 1. The van der Waals surface area contributed by atoms with E-state index in [1.54, 1.807) is 0 Å². The van der Waals surface area contributed by atoms with Crippen LogP contribution in [0.25, 0.3) is 55.0 Å². The van der Waals surface area contributed by atoms with Crippen molar-refractivity contribution in [3.05, 3.63) is 198 Å². The minimum Gasteiger partial charge on any atom is -0.456 e. The molecule has 0 unspecified atom stereocenters. The van der Waals surface area contributed by atoms with Crippen molar-refractivity contribution in [1.29, 1.82) is 0 Å². The highest BCUT2D eigenvalue weighted by molar-refractivity contribution is 6.10. The van der Waals surface area contributed by atoms with E-state index in [9.17, 15) is 0 Å². The Labute approximate surface area is 311 Å². The largest absolute Gasteiger partial charge is 0.456 e. The van der Waals surface area contributed by atoms with E-state index >= 15 is 0 Å². The third kappa shape index (κ3) is 3.81. The SMILES string of the molecule is Cc1ccccc1N(c1ccc2c(c1)Oc1cc3oc4ccccc4c3cc1C21c2ccccc2-c2ccccc21)c1cccc2c1oc1ccccc12. The molecule has 0 saturated heterocycles. The summed E-state index contributed by atoms with van der Waals surface area (Å²) >= 11 is 0. The number of rotatable bonds is 3. The highest BCUT2D eigenvalue weighted by atomic mass is 16.5. The molecule has 3 heterocycles. The smallest absolute Gasteiger partial charge is 0.159 e. The van der Waals surface area contributed by atoms with Crippen molar-refractivity contribution in [3.8, 4) is 22.6 Å². The van der Waals surface area contributed by atoms with E-state index in [0.717, 1.165) is 89.1 Å². The molecule has 0 N–H and O–H groups in total. The Morgan fingerprint density at radius 2 is 1.04 bits per heavy atom. The number of fused-ring (bicyclic) bond motifs is 15. The Morgan fingerprint density at radius 1 is 0.426 bits per heavy atom. The number of aryl methyl sites for hydroxylation is 1. The molecule has 54 heavy (non-hydrogen) atoms. The summed E-state index contributed by atoms with van der Waals surface area (Å²) in [6, 6.07) is 60.3. The van der Waals surface area contributed by atoms with Gasteiger partial charge in [-0.05, 0) is 71.1 Å². The predicted molar refractivity (Wildman–Crippen MR) is 218 cm³/mol. The van der Waals surface area contributed by atoms with Crippen LogP contribution >= 0.6 is 0 Å². The standard InChI is InChI=1S/C50H31NO3/c1-30-13-2-9-21-42(30)51(43-22-12-18-36-34-16-5-11-24-45(34)54-49(36)43)31-25-26-40-47(27-31)53-48-29-46-37(35-17-6-10-23-44(35)52-46)28-41(48)50(40)38-19-7-3-14-32(38)33-15-4-8-20-39(33)50/h2-29H,1H3. The number of hydrogen-bond donors (Lipinski definition) is 0. The molecule has 2 aliphatic rings. The van der Waals surface area contributed by atoms with Gasteiger partial charge in [-0.2, -0.15) is 0 Å². The van der Waals surface area contributed by atoms with E-state index in [0.29, 0.717) is 0 Å². The summed E-state index contributed by atoms with van der Waals surface area (Å²) in [6.45, 7) is 2.16. The molecule has 2 aromatic heterocycles. The number of para-hydroxylation sites is 4. The summed E-state index contributed by atoms with van der Waals surface area (Å²) in [5.41, 5.74) is 14.1. The lowest BCUT2D eigenvalue weighted by Crippen LogP contribution is -2.32. The first-order chi connectivity index (χ1) is 26.7. The fourth-order valence-electron chi connectivity index (χ4n) is 9.38. The monoisotopic (exact) mass is 693 g/mol. The van der Waals surface area contributed by atoms with Crippen molar-refractivity contribution in [2.75, 3.05) is 4.90 Å². The fourth-order valence-corrected chi connectivity index (χ4v) is 9.38. The molecule has 12 rings (SSSR count). The fraction of sp³-hybridized carbons (Fsp3) is 0.0400. The van der Waals surface area contributed by atoms with Gasteiger partial charge in [0.15, 0.2) is 5.58 Å². The van der Waals surface area contributed by atoms with Crippen molar-refractivity contribution in [3.63, 3.8) is 0 Å². The Balaban J connectivity index is 1.16. The molecule has 1 aliphatic carbocycles. The van der Waals surface area contributed by atoms with Crippen molar-refractivity contribution in [1.82, 2.24) is 0 Å². The molecule has 254 valence electrons. The topological polar surface area (TPSA) is 38.8 Å². The van der Waals surface area contributed by atoms with Gasteiger partial charge in [0.05, 0.1) is 16.8 Å². The average molecular weight is 694 g/mol. The number of furan rings is 2. The third-order valence-electron chi connectivity index (χ3n) is 11.7. The highest BCUT2D eigenvalue weighted by Gasteiger charge is 2.51. The van der Waals surface area contributed by atoms with Gasteiger partial charge in [0.25, 0.3) is 0 Å². The molecule has 1 aliphatic heterocycles. The summed E-state index contributed by atoms with van der Waals surface area (Å²) < 4.78 is 20.2. The molecule has 4 nitrogen and oxygen atoms in total. The third-order valence-corrected chi connectivity index (χ3v) is 11.7. The lowest BCUT2D eigenvalue weighted by Gasteiger charge is -2.40. The van der Waals surface area contributed by atoms with Gasteiger partial charge in [0.2, 0.25) is 0 Å². The summed E-state index contributed by atoms with van der Waals surface area (Å²) in [5, 5.41) is 4.36. The maximum atomic E-state index is 7.12. The zero-order valence-corrected chi connectivity index (χ0v) is 29.3. The molecule has 8 aromatic carbocycles. The molecule has 4 heteroatoms. The van der Waals surface area contributed by atoms with Crippen LogP contribution in [-0.4, -0.2) is 0 Å². The maximum Gasteiger partial charge on any atom is 0.159 e. The van der Waals surface area contributed by atoms with Crippen LogP contribution in [0, 0.1) is 6.92 Å². The first-order valence-corrected chi connectivity index (χ1v) is 18.4. The van der Waals surface area contributed by atoms with Crippen molar-refractivity contribution < 1.29 is 13.6 Å². The van der Waals surface area contributed by atoms with E-state index in [2.05, 4.69) is 157 Å². The second kappa shape index (κ2) is 10.8. The van der Waals surface area contributed by atoms with E-state index < -0.39 is 5.41 Å². The van der Waals surface area contributed by atoms with Gasteiger partial charge < -0.3 is 18.5 Å². The highest BCUT2D eigenvalue weighted by Crippen LogP contribution is 2.63. The van der Waals surface area contributed by atoms with Crippen LogP contribution in [0.15, 0.2) is 179 Å². The normalized spacial score (nSPS) is 13.6. The van der Waals surface area contributed by atoms with Crippen LogP contribution in [0.1, 0.15) is 27.8 Å². The van der Waals surface area contributed by atoms with E-state index in [1.807, 2.05) is 24.3 Å². The number of hydrogen-bond acceptors (Lipinski definition) is 4. The first kappa shape index (κ1) is 29.5. The quantitative estimate of drug-likeness (QED) is 0.185. The van der Waals surface area contributed by atoms with Crippen molar-refractivity contribution in [2.45, 2.75) is 12.3 Å². The summed E-state index contributed by atoms with van der Waals surface area (Å²) in [4.78, 5) is 2.31.